The fourth-order valence-corrected chi connectivity index (χ4v) is 1.50. The third-order valence-electron chi connectivity index (χ3n) is 2.37. The zero-order valence-corrected chi connectivity index (χ0v) is 8.88. The normalized spacial score (nSPS) is 20.8. The van der Waals surface area contributed by atoms with E-state index in [-0.39, 0.29) is 11.9 Å². The minimum absolute atomic E-state index is 0.106. The van der Waals surface area contributed by atoms with Crippen molar-refractivity contribution in [2.75, 3.05) is 13.1 Å². The Balaban J connectivity index is 2.14. The van der Waals surface area contributed by atoms with Crippen LogP contribution in [0.4, 0.5) is 0 Å². The van der Waals surface area contributed by atoms with E-state index in [2.05, 4.69) is 23.6 Å². The summed E-state index contributed by atoms with van der Waals surface area (Å²) >= 11 is 0. The average Bonchev–Trinajstić information content (AvgIpc) is 2.25. The molecule has 1 heterocycles. The number of amides is 1. The lowest BCUT2D eigenvalue weighted by Gasteiger charge is -2.17. The maximum absolute atomic E-state index is 11.5. The third kappa shape index (κ3) is 3.92. The maximum atomic E-state index is 11.5. The van der Waals surface area contributed by atoms with Gasteiger partial charge in [-0.1, -0.05) is 31.9 Å². The summed E-state index contributed by atoms with van der Waals surface area (Å²) in [5.74, 6) is 0.108. The summed E-state index contributed by atoms with van der Waals surface area (Å²) in [4.78, 5) is 11.5. The molecule has 0 spiro atoms. The van der Waals surface area contributed by atoms with Crippen molar-refractivity contribution in [1.29, 1.82) is 0 Å². The van der Waals surface area contributed by atoms with Gasteiger partial charge in [0.05, 0.1) is 0 Å². The van der Waals surface area contributed by atoms with Gasteiger partial charge in [-0.2, -0.15) is 0 Å². The van der Waals surface area contributed by atoms with Crippen LogP contribution in [0.5, 0.6) is 0 Å². The molecule has 3 nitrogen and oxygen atoms in total. The zero-order chi connectivity index (χ0) is 10.2. The van der Waals surface area contributed by atoms with Crippen molar-refractivity contribution in [3.8, 4) is 0 Å². The summed E-state index contributed by atoms with van der Waals surface area (Å²) in [5, 5.41) is 6.10. The van der Waals surface area contributed by atoms with Crippen LogP contribution in [0.15, 0.2) is 12.2 Å². The maximum Gasteiger partial charge on any atom is 0.241 e. The summed E-state index contributed by atoms with van der Waals surface area (Å²) in [7, 11) is 0. The molecule has 80 valence electrons. The fraction of sp³-hybridized carbons (Fsp3) is 0.727. The summed E-state index contributed by atoms with van der Waals surface area (Å²) < 4.78 is 0. The number of hydrogen-bond acceptors (Lipinski definition) is 2. The van der Waals surface area contributed by atoms with Crippen LogP contribution < -0.4 is 10.6 Å². The van der Waals surface area contributed by atoms with Gasteiger partial charge in [0.15, 0.2) is 0 Å². The number of carbonyl (C=O) groups is 1. The Bertz CT molecular complexity index is 201. The molecule has 0 aliphatic carbocycles. The van der Waals surface area contributed by atoms with Gasteiger partial charge in [0.25, 0.3) is 0 Å². The molecule has 1 amide bonds. The molecule has 0 saturated carbocycles. The van der Waals surface area contributed by atoms with Crippen LogP contribution in [0, 0.1) is 0 Å². The van der Waals surface area contributed by atoms with Crippen molar-refractivity contribution >= 4 is 5.91 Å². The fourth-order valence-electron chi connectivity index (χ4n) is 1.50. The van der Waals surface area contributed by atoms with E-state index in [0.29, 0.717) is 0 Å². The van der Waals surface area contributed by atoms with Crippen molar-refractivity contribution in [1.82, 2.24) is 10.6 Å². The smallest absolute Gasteiger partial charge is 0.241 e. The van der Waals surface area contributed by atoms with Crippen LogP contribution >= 0.6 is 0 Å². The lowest BCUT2D eigenvalue weighted by molar-refractivity contribution is -0.122. The van der Waals surface area contributed by atoms with E-state index in [1.54, 1.807) is 0 Å². The molecule has 0 aromatic rings. The van der Waals surface area contributed by atoms with Gasteiger partial charge in [-0.25, -0.2) is 0 Å². The first-order valence-corrected chi connectivity index (χ1v) is 5.52. The Hall–Kier alpha value is -0.830. The molecule has 1 aliphatic rings. The molecule has 0 radical (unpaired) electrons. The van der Waals surface area contributed by atoms with E-state index in [4.69, 9.17) is 0 Å². The van der Waals surface area contributed by atoms with E-state index < -0.39 is 0 Å². The molecule has 14 heavy (non-hydrogen) atoms. The SMILES string of the molecule is CCCCCNC(=O)C1C=CCCN1. The summed E-state index contributed by atoms with van der Waals surface area (Å²) in [6.45, 7) is 3.87. The van der Waals surface area contributed by atoms with E-state index in [1.807, 2.05) is 6.08 Å². The highest BCUT2D eigenvalue weighted by Crippen LogP contribution is 1.97. The first-order valence-electron chi connectivity index (χ1n) is 5.52. The van der Waals surface area contributed by atoms with Crippen molar-refractivity contribution in [2.24, 2.45) is 0 Å². The molecular weight excluding hydrogens is 176 g/mol. The summed E-state index contributed by atoms with van der Waals surface area (Å²) in [6.07, 6.45) is 8.50. The van der Waals surface area contributed by atoms with Crippen LogP contribution in [-0.2, 0) is 4.79 Å². The van der Waals surface area contributed by atoms with Crippen LogP contribution in [0.2, 0.25) is 0 Å². The third-order valence-corrected chi connectivity index (χ3v) is 2.37. The van der Waals surface area contributed by atoms with Gasteiger partial charge in [-0.3, -0.25) is 4.79 Å². The number of rotatable bonds is 5. The molecule has 1 unspecified atom stereocenters. The standard InChI is InChI=1S/C11H20N2O/c1-2-3-5-9-13-11(14)10-7-4-6-8-12-10/h4,7,10,12H,2-3,5-6,8-9H2,1H3,(H,13,14). The topological polar surface area (TPSA) is 41.1 Å². The van der Waals surface area contributed by atoms with Gasteiger partial charge in [-0.15, -0.1) is 0 Å². The molecule has 0 saturated heterocycles. The van der Waals surface area contributed by atoms with Gasteiger partial charge in [-0.05, 0) is 19.4 Å². The molecule has 1 atom stereocenters. The van der Waals surface area contributed by atoms with E-state index in [9.17, 15) is 4.79 Å². The lowest BCUT2D eigenvalue weighted by Crippen LogP contribution is -2.44. The van der Waals surface area contributed by atoms with Crippen LogP contribution in [-0.4, -0.2) is 25.0 Å². The Kier molecular flexibility index (Phi) is 5.30. The highest BCUT2D eigenvalue weighted by molar-refractivity contribution is 5.83. The monoisotopic (exact) mass is 196 g/mol. The molecule has 1 rings (SSSR count). The van der Waals surface area contributed by atoms with Gasteiger partial charge in [0.1, 0.15) is 6.04 Å². The van der Waals surface area contributed by atoms with E-state index in [1.165, 1.54) is 12.8 Å². The van der Waals surface area contributed by atoms with Crippen LogP contribution in [0.3, 0.4) is 0 Å². The van der Waals surface area contributed by atoms with Gasteiger partial charge in [0, 0.05) is 6.54 Å². The number of hydrogen-bond donors (Lipinski definition) is 2. The first kappa shape index (κ1) is 11.2. The number of nitrogens with one attached hydrogen (secondary N) is 2. The van der Waals surface area contributed by atoms with Crippen molar-refractivity contribution < 1.29 is 4.79 Å². The molecule has 0 aromatic heterocycles. The summed E-state index contributed by atoms with van der Waals surface area (Å²) in [5.41, 5.74) is 0. The Morgan fingerprint density at radius 1 is 1.57 bits per heavy atom. The zero-order valence-electron chi connectivity index (χ0n) is 8.88. The quantitative estimate of drug-likeness (QED) is 0.512. The van der Waals surface area contributed by atoms with E-state index >= 15 is 0 Å². The Labute approximate surface area is 86.0 Å². The van der Waals surface area contributed by atoms with Gasteiger partial charge in [0.2, 0.25) is 5.91 Å². The molecular formula is C11H20N2O. The molecule has 0 aromatic carbocycles. The van der Waals surface area contributed by atoms with E-state index in [0.717, 1.165) is 25.9 Å². The minimum atomic E-state index is -0.106. The van der Waals surface area contributed by atoms with Gasteiger partial charge < -0.3 is 10.6 Å². The Morgan fingerprint density at radius 2 is 2.43 bits per heavy atom. The predicted octanol–water partition coefficient (Wildman–Crippen LogP) is 1.21. The van der Waals surface area contributed by atoms with Crippen LogP contribution in [0.1, 0.15) is 32.6 Å². The number of unbranched alkanes of at least 4 members (excludes halogenated alkanes) is 2. The average molecular weight is 196 g/mol. The molecule has 2 N–H and O–H groups in total. The molecule has 1 aliphatic heterocycles. The minimum Gasteiger partial charge on any atom is -0.354 e. The highest BCUT2D eigenvalue weighted by Gasteiger charge is 2.15. The summed E-state index contributed by atoms with van der Waals surface area (Å²) in [6, 6.07) is -0.106. The number of carbonyl (C=O) groups excluding carboxylic acids is 1. The molecule has 3 heteroatoms. The van der Waals surface area contributed by atoms with Crippen molar-refractivity contribution in [3.63, 3.8) is 0 Å². The van der Waals surface area contributed by atoms with Gasteiger partial charge >= 0.3 is 0 Å². The second-order valence-electron chi connectivity index (χ2n) is 3.65. The molecule has 0 fully saturated rings. The highest BCUT2D eigenvalue weighted by atomic mass is 16.2. The largest absolute Gasteiger partial charge is 0.354 e. The second kappa shape index (κ2) is 6.60. The predicted molar refractivity (Wildman–Crippen MR) is 58.1 cm³/mol. The lowest BCUT2D eigenvalue weighted by atomic mass is 10.1. The van der Waals surface area contributed by atoms with Crippen molar-refractivity contribution in [3.05, 3.63) is 12.2 Å². The molecule has 0 bridgehead atoms. The second-order valence-corrected chi connectivity index (χ2v) is 3.65. The van der Waals surface area contributed by atoms with Crippen LogP contribution in [0.25, 0.3) is 0 Å². The van der Waals surface area contributed by atoms with Crippen molar-refractivity contribution in [2.45, 2.75) is 38.6 Å². The first-order chi connectivity index (χ1) is 6.84. The Morgan fingerprint density at radius 3 is 3.07 bits per heavy atom.